The van der Waals surface area contributed by atoms with Crippen molar-refractivity contribution in [1.82, 2.24) is 0 Å². The van der Waals surface area contributed by atoms with Crippen LogP contribution in [-0.4, -0.2) is 63.2 Å². The fourth-order valence-electron chi connectivity index (χ4n) is 1.52. The second-order valence-corrected chi connectivity index (χ2v) is 18.8. The Morgan fingerprint density at radius 2 is 0.714 bits per heavy atom. The normalized spacial score (nSPS) is 19.1. The molecule has 0 N–H and O–H groups in total. The molecule has 128 valence electrons. The van der Waals surface area contributed by atoms with Gasteiger partial charge >= 0.3 is 34.7 Å². The molecule has 0 amide bonds. The first kappa shape index (κ1) is 21.6. The largest absolute Gasteiger partial charge is 0.481 e. The van der Waals surface area contributed by atoms with E-state index in [4.69, 9.17) is 30.0 Å². The number of hydrogen-bond acceptors (Lipinski definition) is 7. The molecule has 0 aromatic rings. The van der Waals surface area contributed by atoms with Gasteiger partial charge in [0.05, 0.1) is 0 Å². The first-order chi connectivity index (χ1) is 9.36. The van der Waals surface area contributed by atoms with Crippen LogP contribution < -0.4 is 0 Å². The first-order valence-corrected chi connectivity index (χ1v) is 16.8. The van der Waals surface area contributed by atoms with Crippen molar-refractivity contribution in [3.63, 3.8) is 0 Å². The van der Waals surface area contributed by atoms with Crippen LogP contribution in [0.5, 0.6) is 0 Å². The van der Waals surface area contributed by atoms with E-state index in [9.17, 15) is 0 Å². The minimum absolute atomic E-state index is 1.57. The van der Waals surface area contributed by atoms with Gasteiger partial charge in [-0.15, -0.1) is 0 Å². The van der Waals surface area contributed by atoms with Crippen LogP contribution in [0, 0.1) is 0 Å². The smallest absolute Gasteiger partial charge is 0.398 e. The Morgan fingerprint density at radius 1 is 0.429 bits per heavy atom. The molecule has 11 heteroatoms. The molecule has 0 aliphatic carbocycles. The third-order valence-electron chi connectivity index (χ3n) is 2.96. The van der Waals surface area contributed by atoms with Crippen molar-refractivity contribution in [3.05, 3.63) is 0 Å². The molecule has 0 spiro atoms. The number of rotatable bonds is 10. The summed E-state index contributed by atoms with van der Waals surface area (Å²) in [4.78, 5) is 0. The Balaban J connectivity index is 5.13. The lowest BCUT2D eigenvalue weighted by Gasteiger charge is -2.39. The summed E-state index contributed by atoms with van der Waals surface area (Å²) in [5, 5.41) is 0. The van der Waals surface area contributed by atoms with Gasteiger partial charge < -0.3 is 30.0 Å². The minimum Gasteiger partial charge on any atom is -0.398 e. The molecule has 0 saturated heterocycles. The third kappa shape index (κ3) is 7.60. The van der Waals surface area contributed by atoms with Gasteiger partial charge in [0.2, 0.25) is 0 Å². The highest BCUT2D eigenvalue weighted by Crippen LogP contribution is 2.25. The van der Waals surface area contributed by atoms with Gasteiger partial charge in [0, 0.05) is 41.5 Å². The molecule has 0 radical (unpaired) electrons. The lowest BCUT2D eigenvalue weighted by atomic mass is 11.8. The fourth-order valence-corrected chi connectivity index (χ4v) is 14.4. The van der Waals surface area contributed by atoms with Crippen LogP contribution in [0.1, 0.15) is 0 Å². The predicted molar refractivity (Wildman–Crippen MR) is 89.5 cm³/mol. The van der Waals surface area contributed by atoms with E-state index in [1.807, 2.05) is 39.3 Å². The standard InChI is InChI=1S/C10H30O7Si4/c1-11-18(5,6)15-20(9,13-3)17-21(10,14-4)16-19(7,8)12-2/h1-10H3. The Labute approximate surface area is 133 Å². The molecule has 0 aliphatic heterocycles. The maximum Gasteiger partial charge on any atom is 0.481 e. The second kappa shape index (κ2) is 7.92. The van der Waals surface area contributed by atoms with E-state index in [0.29, 0.717) is 0 Å². The van der Waals surface area contributed by atoms with Gasteiger partial charge in [-0.1, -0.05) is 0 Å². The van der Waals surface area contributed by atoms with Crippen molar-refractivity contribution in [2.75, 3.05) is 28.4 Å². The monoisotopic (exact) mass is 374 g/mol. The van der Waals surface area contributed by atoms with Crippen molar-refractivity contribution in [3.8, 4) is 0 Å². The van der Waals surface area contributed by atoms with Gasteiger partial charge in [-0.25, -0.2) is 0 Å². The van der Waals surface area contributed by atoms with Crippen LogP contribution in [-0.2, 0) is 30.0 Å². The average molecular weight is 375 g/mol. The molecule has 0 bridgehead atoms. The molecule has 0 aromatic carbocycles. The SMILES string of the molecule is CO[Si](C)(C)O[Si](C)(OC)O[Si](C)(OC)O[Si](C)(C)OC. The zero-order chi connectivity index (χ0) is 16.9. The molecule has 0 saturated carbocycles. The summed E-state index contributed by atoms with van der Waals surface area (Å²) in [5.74, 6) is 0. The van der Waals surface area contributed by atoms with Crippen molar-refractivity contribution in [1.29, 1.82) is 0 Å². The maximum absolute atomic E-state index is 6.10. The molecule has 2 atom stereocenters. The maximum atomic E-state index is 6.10. The Bertz CT molecular complexity index is 301. The number of hydrogen-bond donors (Lipinski definition) is 0. The van der Waals surface area contributed by atoms with Crippen LogP contribution in [0.2, 0.25) is 39.3 Å². The second-order valence-electron chi connectivity index (χ2n) is 5.65. The van der Waals surface area contributed by atoms with E-state index in [-0.39, 0.29) is 0 Å². The highest BCUT2D eigenvalue weighted by molar-refractivity contribution is 6.84. The molecular weight excluding hydrogens is 344 g/mol. The molecule has 0 aromatic heterocycles. The van der Waals surface area contributed by atoms with Crippen molar-refractivity contribution < 1.29 is 30.0 Å². The van der Waals surface area contributed by atoms with Crippen molar-refractivity contribution in [2.24, 2.45) is 0 Å². The highest BCUT2D eigenvalue weighted by Gasteiger charge is 2.52. The summed E-state index contributed by atoms with van der Waals surface area (Å²) >= 11 is 0. The summed E-state index contributed by atoms with van der Waals surface area (Å²) in [6, 6.07) is 0. The van der Waals surface area contributed by atoms with Gasteiger partial charge in [-0.3, -0.25) is 0 Å². The minimum atomic E-state index is -2.93. The topological polar surface area (TPSA) is 64.6 Å². The van der Waals surface area contributed by atoms with E-state index in [0.717, 1.165) is 0 Å². The summed E-state index contributed by atoms with van der Waals surface area (Å²) < 4.78 is 40.0. The molecule has 0 fully saturated rings. The van der Waals surface area contributed by atoms with Crippen LogP contribution in [0.15, 0.2) is 0 Å². The summed E-state index contributed by atoms with van der Waals surface area (Å²) in [6.07, 6.45) is 0. The molecule has 21 heavy (non-hydrogen) atoms. The zero-order valence-corrected chi connectivity index (χ0v) is 18.9. The summed E-state index contributed by atoms with van der Waals surface area (Å²) in [5.41, 5.74) is 0. The van der Waals surface area contributed by atoms with Crippen LogP contribution >= 0.6 is 0 Å². The first-order valence-electron chi connectivity index (χ1n) is 6.67. The lowest BCUT2D eigenvalue weighted by Crippen LogP contribution is -2.61. The van der Waals surface area contributed by atoms with E-state index < -0.39 is 34.7 Å². The highest BCUT2D eigenvalue weighted by atomic mass is 28.5. The predicted octanol–water partition coefficient (Wildman–Crippen LogP) is 2.16. The van der Waals surface area contributed by atoms with Crippen LogP contribution in [0.3, 0.4) is 0 Å². The lowest BCUT2D eigenvalue weighted by molar-refractivity contribution is 0.115. The van der Waals surface area contributed by atoms with Crippen molar-refractivity contribution in [2.45, 2.75) is 39.3 Å². The van der Waals surface area contributed by atoms with Gasteiger partial charge in [-0.05, 0) is 26.2 Å². The van der Waals surface area contributed by atoms with E-state index in [1.54, 1.807) is 28.4 Å². The van der Waals surface area contributed by atoms with Gasteiger partial charge in [-0.2, -0.15) is 0 Å². The van der Waals surface area contributed by atoms with E-state index in [1.165, 1.54) is 0 Å². The fraction of sp³-hybridized carbons (Fsp3) is 1.00. The third-order valence-corrected chi connectivity index (χ3v) is 16.3. The van der Waals surface area contributed by atoms with Gasteiger partial charge in [0.15, 0.2) is 0 Å². The average Bonchev–Trinajstić information content (AvgIpc) is 2.37. The molecule has 0 heterocycles. The molecule has 7 nitrogen and oxygen atoms in total. The quantitative estimate of drug-likeness (QED) is 0.543. The Kier molecular flexibility index (Phi) is 8.14. The van der Waals surface area contributed by atoms with Gasteiger partial charge in [0.25, 0.3) is 0 Å². The summed E-state index contributed by atoms with van der Waals surface area (Å²) in [6.45, 7) is 11.4. The zero-order valence-electron chi connectivity index (χ0n) is 14.9. The Morgan fingerprint density at radius 3 is 0.905 bits per heavy atom. The van der Waals surface area contributed by atoms with Crippen LogP contribution in [0.25, 0.3) is 0 Å². The van der Waals surface area contributed by atoms with Gasteiger partial charge in [0.1, 0.15) is 0 Å². The Hall–Kier alpha value is 0.588. The molecule has 0 rings (SSSR count). The van der Waals surface area contributed by atoms with E-state index >= 15 is 0 Å². The molecular formula is C10H30O7Si4. The summed E-state index contributed by atoms with van der Waals surface area (Å²) in [7, 11) is -4.10. The van der Waals surface area contributed by atoms with Crippen molar-refractivity contribution >= 4 is 34.7 Å². The molecule has 0 aliphatic rings. The van der Waals surface area contributed by atoms with E-state index in [2.05, 4.69) is 0 Å². The molecule has 2 unspecified atom stereocenters. The van der Waals surface area contributed by atoms with Crippen LogP contribution in [0.4, 0.5) is 0 Å².